The quantitative estimate of drug-likeness (QED) is 0.353. The molecule has 6 nitrogen and oxygen atoms in total. The lowest BCUT2D eigenvalue weighted by Gasteiger charge is -2.10. The van der Waals surface area contributed by atoms with Crippen molar-refractivity contribution in [2.75, 3.05) is 0 Å². The van der Waals surface area contributed by atoms with Crippen LogP contribution in [0.2, 0.25) is 0 Å². The first kappa shape index (κ1) is 21.7. The van der Waals surface area contributed by atoms with E-state index in [2.05, 4.69) is 26.7 Å². The molecule has 2 aromatic heterocycles. The van der Waals surface area contributed by atoms with Gasteiger partial charge in [0, 0.05) is 23.5 Å². The molecule has 0 aliphatic heterocycles. The predicted molar refractivity (Wildman–Crippen MR) is 139 cm³/mol. The molecule has 3 aromatic carbocycles. The van der Waals surface area contributed by atoms with Crippen LogP contribution in [-0.2, 0) is 13.1 Å². The van der Waals surface area contributed by atoms with Crippen LogP contribution in [0.15, 0.2) is 97.3 Å². The molecule has 0 bridgehead atoms. The summed E-state index contributed by atoms with van der Waals surface area (Å²) in [6, 6.07) is 26.9. The van der Waals surface area contributed by atoms with Gasteiger partial charge in [-0.3, -0.25) is 19.6 Å². The van der Waals surface area contributed by atoms with Gasteiger partial charge in [0.05, 0.1) is 24.5 Å². The second kappa shape index (κ2) is 9.07. The van der Waals surface area contributed by atoms with Gasteiger partial charge in [-0.05, 0) is 75.5 Å². The highest BCUT2D eigenvalue weighted by molar-refractivity contribution is 6.20. The minimum Gasteiger partial charge on any atom is -0.346 e. The highest BCUT2D eigenvalue weighted by atomic mass is 16.2. The Morgan fingerprint density at radius 3 is 1.97 bits per heavy atom. The third-order valence-corrected chi connectivity index (χ3v) is 6.46. The monoisotopic (exact) mass is 470 g/mol. The largest absolute Gasteiger partial charge is 0.346 e. The van der Waals surface area contributed by atoms with Crippen LogP contribution < -0.4 is 10.6 Å². The molecule has 2 N–H and O–H groups in total. The molecule has 174 valence electrons. The summed E-state index contributed by atoms with van der Waals surface area (Å²) in [5.41, 5.74) is 6.95. The number of amides is 2. The van der Waals surface area contributed by atoms with Crippen molar-refractivity contribution in [1.29, 1.82) is 0 Å². The Balaban J connectivity index is 1.29. The summed E-state index contributed by atoms with van der Waals surface area (Å²) in [6.45, 7) is 0.726. The molecule has 0 fully saturated rings. The number of nitrogens with one attached hydrogen (secondary N) is 2. The van der Waals surface area contributed by atoms with Crippen LogP contribution in [0.5, 0.6) is 0 Å². The van der Waals surface area contributed by atoms with Gasteiger partial charge in [-0.15, -0.1) is 0 Å². The Kier molecular flexibility index (Phi) is 5.46. The normalized spacial score (nSPS) is 11.2. The van der Waals surface area contributed by atoms with Gasteiger partial charge in [0.1, 0.15) is 0 Å². The average Bonchev–Trinajstić information content (AvgIpc) is 3.26. The molecule has 2 heterocycles. The summed E-state index contributed by atoms with van der Waals surface area (Å²) in [4.78, 5) is 34.5. The van der Waals surface area contributed by atoms with Gasteiger partial charge in [-0.1, -0.05) is 42.5 Å². The van der Waals surface area contributed by atoms with Crippen molar-refractivity contribution in [3.63, 3.8) is 0 Å². The molecule has 0 unspecified atom stereocenters. The average molecular weight is 471 g/mol. The maximum Gasteiger partial charge on any atom is 0.252 e. The lowest BCUT2D eigenvalue weighted by atomic mass is 9.98. The van der Waals surface area contributed by atoms with E-state index in [-0.39, 0.29) is 11.8 Å². The molecule has 1 aliphatic carbocycles. The maximum atomic E-state index is 13.1. The van der Waals surface area contributed by atoms with Crippen LogP contribution >= 0.6 is 0 Å². The Hall–Kier alpha value is -4.84. The lowest BCUT2D eigenvalue weighted by Crippen LogP contribution is -2.23. The van der Waals surface area contributed by atoms with E-state index in [1.165, 1.54) is 0 Å². The second-order valence-corrected chi connectivity index (χ2v) is 8.66. The number of benzene rings is 3. The molecule has 0 saturated carbocycles. The zero-order chi connectivity index (χ0) is 24.5. The van der Waals surface area contributed by atoms with Gasteiger partial charge in [0.25, 0.3) is 11.8 Å². The molecule has 1 aliphatic rings. The number of pyridine rings is 2. The van der Waals surface area contributed by atoms with Gasteiger partial charge in [0.2, 0.25) is 0 Å². The number of nitrogens with zero attached hydrogens (tertiary/aromatic N) is 2. The van der Waals surface area contributed by atoms with E-state index in [0.717, 1.165) is 44.4 Å². The fourth-order valence-corrected chi connectivity index (χ4v) is 4.74. The minimum absolute atomic E-state index is 0.144. The van der Waals surface area contributed by atoms with Gasteiger partial charge >= 0.3 is 0 Å². The highest BCUT2D eigenvalue weighted by Gasteiger charge is 2.25. The van der Waals surface area contributed by atoms with Crippen LogP contribution in [-0.4, -0.2) is 21.8 Å². The smallest absolute Gasteiger partial charge is 0.252 e. The first-order chi connectivity index (χ1) is 17.7. The Morgan fingerprint density at radius 1 is 0.611 bits per heavy atom. The van der Waals surface area contributed by atoms with Crippen molar-refractivity contribution in [2.24, 2.45) is 0 Å². The molecule has 36 heavy (non-hydrogen) atoms. The van der Waals surface area contributed by atoms with Crippen LogP contribution in [0.1, 0.15) is 32.1 Å². The number of hydrogen-bond acceptors (Lipinski definition) is 4. The third-order valence-electron chi connectivity index (χ3n) is 6.46. The van der Waals surface area contributed by atoms with E-state index in [1.54, 1.807) is 12.4 Å². The van der Waals surface area contributed by atoms with E-state index < -0.39 is 0 Å². The molecular formula is C30H22N4O2. The van der Waals surface area contributed by atoms with Crippen molar-refractivity contribution in [3.8, 4) is 22.3 Å². The standard InChI is InChI=1S/C30H22N4O2/c35-29(33-17-20-6-1-3-14-31-20)19-10-11-22-23-8-5-9-24-26(13-12-25(28(23)24)27(22)16-19)30(36)34-18-21-7-2-4-15-32-21/h1-16H,17-18H2,(H,33,35)(H,34,36). The number of carbonyl (C=O) groups is 2. The number of fused-ring (bicyclic) bond motifs is 3. The van der Waals surface area contributed by atoms with Crippen molar-refractivity contribution >= 4 is 22.6 Å². The van der Waals surface area contributed by atoms with E-state index in [4.69, 9.17) is 0 Å². The molecule has 0 atom stereocenters. The zero-order valence-electron chi connectivity index (χ0n) is 19.4. The summed E-state index contributed by atoms with van der Waals surface area (Å²) >= 11 is 0. The molecule has 6 rings (SSSR count). The van der Waals surface area contributed by atoms with Crippen LogP contribution in [0.3, 0.4) is 0 Å². The minimum atomic E-state index is -0.152. The summed E-state index contributed by atoms with van der Waals surface area (Å²) < 4.78 is 0. The fraction of sp³-hybridized carbons (Fsp3) is 0.0667. The van der Waals surface area contributed by atoms with Crippen molar-refractivity contribution in [3.05, 3.63) is 120 Å². The van der Waals surface area contributed by atoms with E-state index in [1.807, 2.05) is 78.9 Å². The lowest BCUT2D eigenvalue weighted by molar-refractivity contribution is 0.0943. The molecule has 0 saturated heterocycles. The maximum absolute atomic E-state index is 13.1. The van der Waals surface area contributed by atoms with E-state index in [9.17, 15) is 9.59 Å². The van der Waals surface area contributed by atoms with Crippen LogP contribution in [0.4, 0.5) is 0 Å². The fourth-order valence-electron chi connectivity index (χ4n) is 4.74. The molecule has 6 heteroatoms. The summed E-state index contributed by atoms with van der Waals surface area (Å²) in [7, 11) is 0. The molecule has 5 aromatic rings. The summed E-state index contributed by atoms with van der Waals surface area (Å²) in [5, 5.41) is 7.85. The molecule has 2 amide bonds. The van der Waals surface area contributed by atoms with Crippen molar-refractivity contribution in [1.82, 2.24) is 20.6 Å². The van der Waals surface area contributed by atoms with Crippen molar-refractivity contribution < 1.29 is 9.59 Å². The number of carbonyl (C=O) groups excluding carboxylic acids is 2. The summed E-state index contributed by atoms with van der Waals surface area (Å²) in [6.07, 6.45) is 3.42. The Morgan fingerprint density at radius 2 is 1.28 bits per heavy atom. The van der Waals surface area contributed by atoms with Crippen LogP contribution in [0, 0.1) is 0 Å². The number of hydrogen-bond donors (Lipinski definition) is 2. The first-order valence-corrected chi connectivity index (χ1v) is 11.8. The third kappa shape index (κ3) is 3.88. The van der Waals surface area contributed by atoms with E-state index >= 15 is 0 Å². The first-order valence-electron chi connectivity index (χ1n) is 11.8. The number of aromatic nitrogens is 2. The topological polar surface area (TPSA) is 84.0 Å². The molecule has 0 radical (unpaired) electrons. The van der Waals surface area contributed by atoms with Gasteiger partial charge in [-0.2, -0.15) is 0 Å². The summed E-state index contributed by atoms with van der Waals surface area (Å²) in [5.74, 6) is -0.295. The Bertz CT molecular complexity index is 1620. The zero-order valence-corrected chi connectivity index (χ0v) is 19.4. The molecule has 0 spiro atoms. The van der Waals surface area contributed by atoms with Gasteiger partial charge in [-0.25, -0.2) is 0 Å². The SMILES string of the molecule is O=C(NCc1ccccn1)c1ccc2c(c1)-c1ccc(C(=O)NCc3ccccn3)c3cccc-2c13. The van der Waals surface area contributed by atoms with Crippen LogP contribution in [0.25, 0.3) is 33.0 Å². The van der Waals surface area contributed by atoms with E-state index in [0.29, 0.717) is 24.2 Å². The second-order valence-electron chi connectivity index (χ2n) is 8.66. The number of rotatable bonds is 6. The Labute approximate surface area is 208 Å². The van der Waals surface area contributed by atoms with Gasteiger partial charge < -0.3 is 10.6 Å². The van der Waals surface area contributed by atoms with Crippen molar-refractivity contribution in [2.45, 2.75) is 13.1 Å². The molecular weight excluding hydrogens is 448 g/mol. The highest BCUT2D eigenvalue weighted by Crippen LogP contribution is 2.48. The predicted octanol–water partition coefficient (Wildman–Crippen LogP) is 5.14. The van der Waals surface area contributed by atoms with Gasteiger partial charge in [0.15, 0.2) is 0 Å².